The average molecular weight is 367 g/mol. The number of hydrogen-bond acceptors (Lipinski definition) is 5. The molecule has 4 nitrogen and oxygen atoms in total. The first-order valence-corrected chi connectivity index (χ1v) is 8.51. The van der Waals surface area contributed by atoms with E-state index in [0.29, 0.717) is 11.0 Å². The van der Waals surface area contributed by atoms with Crippen LogP contribution in [0, 0.1) is 0 Å². The smallest absolute Gasteiger partial charge is 0.210 e. The minimum absolute atomic E-state index is 0.680. The van der Waals surface area contributed by atoms with Gasteiger partial charge in [0.25, 0.3) is 0 Å². The molecule has 20 heavy (non-hydrogen) atoms. The van der Waals surface area contributed by atoms with E-state index in [1.54, 1.807) is 27.8 Å². The van der Waals surface area contributed by atoms with Crippen molar-refractivity contribution in [3.05, 3.63) is 51.1 Å². The Labute approximate surface area is 133 Å². The second kappa shape index (κ2) is 5.99. The summed E-state index contributed by atoms with van der Waals surface area (Å²) in [5.41, 5.74) is 2.21. The number of nitrogens with two attached hydrogens (primary N) is 1. The lowest BCUT2D eigenvalue weighted by Gasteiger charge is -2.02. The molecule has 3 rings (SSSR count). The van der Waals surface area contributed by atoms with Crippen molar-refractivity contribution < 1.29 is 0 Å². The van der Waals surface area contributed by atoms with Gasteiger partial charge in [0.15, 0.2) is 5.82 Å². The molecule has 3 aromatic rings. The Bertz CT molecular complexity index is 708. The molecular formula is C13H11BrN4S2. The summed E-state index contributed by atoms with van der Waals surface area (Å²) < 4.78 is 2.67. The van der Waals surface area contributed by atoms with Crippen LogP contribution in [0.3, 0.4) is 0 Å². The SMILES string of the molecule is Nn1c(SCc2csc(Br)c2)nnc1-c1ccccc1. The molecule has 0 aliphatic carbocycles. The molecule has 2 aromatic heterocycles. The van der Waals surface area contributed by atoms with Gasteiger partial charge in [-0.1, -0.05) is 42.1 Å². The molecule has 2 N–H and O–H groups in total. The van der Waals surface area contributed by atoms with Crippen LogP contribution in [0.2, 0.25) is 0 Å². The van der Waals surface area contributed by atoms with Crippen LogP contribution in [-0.4, -0.2) is 14.9 Å². The summed E-state index contributed by atoms with van der Waals surface area (Å²) in [6.07, 6.45) is 0. The highest BCUT2D eigenvalue weighted by Crippen LogP contribution is 2.28. The predicted octanol–water partition coefficient (Wildman–Crippen LogP) is 3.78. The van der Waals surface area contributed by atoms with E-state index in [0.717, 1.165) is 15.1 Å². The highest BCUT2D eigenvalue weighted by atomic mass is 79.9. The third kappa shape index (κ3) is 2.89. The van der Waals surface area contributed by atoms with Gasteiger partial charge in [0.05, 0.1) is 3.79 Å². The number of thioether (sulfide) groups is 1. The molecule has 0 aliphatic rings. The highest BCUT2D eigenvalue weighted by Gasteiger charge is 2.12. The molecule has 0 unspecified atom stereocenters. The summed E-state index contributed by atoms with van der Waals surface area (Å²) in [6.45, 7) is 0. The van der Waals surface area contributed by atoms with Crippen molar-refractivity contribution in [3.8, 4) is 11.4 Å². The van der Waals surface area contributed by atoms with Gasteiger partial charge in [0.2, 0.25) is 5.16 Å². The average Bonchev–Trinajstić information content (AvgIpc) is 3.04. The number of thiophene rings is 1. The first-order valence-electron chi connectivity index (χ1n) is 5.85. The maximum atomic E-state index is 6.07. The standard InChI is InChI=1S/C13H11BrN4S2/c14-11-6-9(7-19-11)8-20-13-17-16-12(18(13)15)10-4-2-1-3-5-10/h1-7H,8,15H2. The quantitative estimate of drug-likeness (QED) is 0.563. The van der Waals surface area contributed by atoms with Gasteiger partial charge in [-0.15, -0.1) is 21.5 Å². The van der Waals surface area contributed by atoms with Crippen LogP contribution < -0.4 is 5.84 Å². The van der Waals surface area contributed by atoms with Crippen LogP contribution in [0.5, 0.6) is 0 Å². The van der Waals surface area contributed by atoms with Crippen molar-refractivity contribution in [1.29, 1.82) is 0 Å². The zero-order valence-electron chi connectivity index (χ0n) is 10.4. The Hall–Kier alpha value is -1.31. The van der Waals surface area contributed by atoms with Gasteiger partial charge in [-0.05, 0) is 32.9 Å². The fraction of sp³-hybridized carbons (Fsp3) is 0.0769. The molecule has 0 spiro atoms. The van der Waals surface area contributed by atoms with E-state index >= 15 is 0 Å². The fourth-order valence-electron chi connectivity index (χ4n) is 1.73. The number of halogens is 1. The Morgan fingerprint density at radius 1 is 1.25 bits per heavy atom. The topological polar surface area (TPSA) is 56.7 Å². The third-order valence-corrected chi connectivity index (χ3v) is 5.25. The van der Waals surface area contributed by atoms with E-state index in [1.807, 2.05) is 30.3 Å². The summed E-state index contributed by atoms with van der Waals surface area (Å²) >= 11 is 6.71. The van der Waals surface area contributed by atoms with Crippen molar-refractivity contribution >= 4 is 39.0 Å². The molecule has 0 aliphatic heterocycles. The lowest BCUT2D eigenvalue weighted by molar-refractivity contribution is 0.849. The maximum absolute atomic E-state index is 6.07. The Morgan fingerprint density at radius 2 is 2.05 bits per heavy atom. The van der Waals surface area contributed by atoms with E-state index in [1.165, 1.54) is 5.56 Å². The van der Waals surface area contributed by atoms with Gasteiger partial charge in [-0.2, -0.15) is 0 Å². The van der Waals surface area contributed by atoms with Crippen LogP contribution in [0.25, 0.3) is 11.4 Å². The van der Waals surface area contributed by atoms with E-state index in [4.69, 9.17) is 5.84 Å². The van der Waals surface area contributed by atoms with Gasteiger partial charge >= 0.3 is 0 Å². The minimum Gasteiger partial charge on any atom is -0.335 e. The minimum atomic E-state index is 0.680. The molecule has 0 saturated heterocycles. The van der Waals surface area contributed by atoms with Gasteiger partial charge < -0.3 is 5.84 Å². The van der Waals surface area contributed by atoms with Crippen LogP contribution in [0.1, 0.15) is 5.56 Å². The first-order chi connectivity index (χ1) is 9.74. The number of rotatable bonds is 4. The molecule has 0 fully saturated rings. The molecule has 1 aromatic carbocycles. The second-order valence-corrected chi connectivity index (χ2v) is 7.32. The van der Waals surface area contributed by atoms with E-state index in [-0.39, 0.29) is 0 Å². The van der Waals surface area contributed by atoms with E-state index < -0.39 is 0 Å². The zero-order chi connectivity index (χ0) is 13.9. The summed E-state index contributed by atoms with van der Waals surface area (Å²) in [4.78, 5) is 0. The van der Waals surface area contributed by atoms with Crippen molar-refractivity contribution in [2.24, 2.45) is 0 Å². The fourth-order valence-corrected chi connectivity index (χ4v) is 3.83. The van der Waals surface area contributed by atoms with Crippen molar-refractivity contribution in [2.45, 2.75) is 10.9 Å². The van der Waals surface area contributed by atoms with Crippen molar-refractivity contribution in [1.82, 2.24) is 14.9 Å². The Kier molecular flexibility index (Phi) is 4.09. The number of aromatic nitrogens is 3. The van der Waals surface area contributed by atoms with Crippen LogP contribution >= 0.6 is 39.0 Å². The highest BCUT2D eigenvalue weighted by molar-refractivity contribution is 9.11. The predicted molar refractivity (Wildman–Crippen MR) is 87.2 cm³/mol. The summed E-state index contributed by atoms with van der Waals surface area (Å²) in [6, 6.07) is 11.9. The van der Waals surface area contributed by atoms with Crippen LogP contribution in [0.4, 0.5) is 0 Å². The van der Waals surface area contributed by atoms with Gasteiger partial charge in [-0.3, -0.25) is 0 Å². The summed E-state index contributed by atoms with van der Waals surface area (Å²) in [7, 11) is 0. The van der Waals surface area contributed by atoms with Crippen molar-refractivity contribution in [3.63, 3.8) is 0 Å². The molecule has 0 amide bonds. The van der Waals surface area contributed by atoms with E-state index in [9.17, 15) is 0 Å². The number of benzene rings is 1. The van der Waals surface area contributed by atoms with Gasteiger partial charge in [-0.25, -0.2) is 4.68 Å². The first kappa shape index (κ1) is 13.7. The second-order valence-electron chi connectivity index (χ2n) is 4.09. The van der Waals surface area contributed by atoms with Gasteiger partial charge in [0, 0.05) is 11.3 Å². The van der Waals surface area contributed by atoms with Crippen LogP contribution in [0.15, 0.2) is 50.7 Å². The molecular weight excluding hydrogens is 356 g/mol. The molecule has 0 saturated carbocycles. The number of nitrogen functional groups attached to an aromatic ring is 1. The molecule has 0 atom stereocenters. The Balaban J connectivity index is 1.77. The molecule has 7 heteroatoms. The maximum Gasteiger partial charge on any atom is 0.210 e. The molecule has 102 valence electrons. The third-order valence-electron chi connectivity index (χ3n) is 2.69. The lowest BCUT2D eigenvalue weighted by Crippen LogP contribution is -2.11. The molecule has 2 heterocycles. The largest absolute Gasteiger partial charge is 0.335 e. The van der Waals surface area contributed by atoms with Crippen molar-refractivity contribution in [2.75, 3.05) is 5.84 Å². The molecule has 0 bridgehead atoms. The Morgan fingerprint density at radius 3 is 2.75 bits per heavy atom. The van der Waals surface area contributed by atoms with Crippen LogP contribution in [-0.2, 0) is 5.75 Å². The summed E-state index contributed by atoms with van der Waals surface area (Å²) in [5, 5.41) is 11.2. The normalized spacial score (nSPS) is 10.8. The number of nitrogens with zero attached hydrogens (tertiary/aromatic N) is 3. The monoisotopic (exact) mass is 366 g/mol. The lowest BCUT2D eigenvalue weighted by atomic mass is 10.2. The summed E-state index contributed by atoms with van der Waals surface area (Å²) in [5.74, 6) is 7.57. The zero-order valence-corrected chi connectivity index (χ0v) is 13.6. The molecule has 0 radical (unpaired) electrons. The number of hydrogen-bond donors (Lipinski definition) is 1. The van der Waals surface area contributed by atoms with E-state index in [2.05, 4.69) is 37.6 Å². The van der Waals surface area contributed by atoms with Gasteiger partial charge in [0.1, 0.15) is 0 Å².